The lowest BCUT2D eigenvalue weighted by atomic mass is 10.1. The first-order valence-electron chi connectivity index (χ1n) is 12.2. The molecule has 2 amide bonds. The van der Waals surface area contributed by atoms with E-state index in [0.717, 1.165) is 32.8 Å². The Labute approximate surface area is 205 Å². The molecule has 2 aromatic rings. The largest absolute Gasteiger partial charge is 0.379 e. The van der Waals surface area contributed by atoms with E-state index in [1.54, 1.807) is 0 Å². The number of anilines is 3. The summed E-state index contributed by atoms with van der Waals surface area (Å²) in [5.74, 6) is 0.431. The number of ether oxygens (including phenoxy) is 1. The Hall–Kier alpha value is -3.28. The van der Waals surface area contributed by atoms with Gasteiger partial charge < -0.3 is 31.7 Å². The minimum atomic E-state index is -0.553. The van der Waals surface area contributed by atoms with Gasteiger partial charge in [-0.25, -0.2) is 4.98 Å². The molecule has 2 aliphatic heterocycles. The van der Waals surface area contributed by atoms with Crippen molar-refractivity contribution in [2.75, 3.05) is 61.9 Å². The average molecular weight is 483 g/mol. The standard InChI is InChI=1S/C24H34N8O3/c25-20-3-1-8-26-21-19(15-29-24(31-21)28-10-2-9-27-23(20)34)22(33)30-18-6-4-17(5-7-18)16-32-11-13-35-14-12-32/h4-7,15,20H,1-3,8-14,16,25H2,(H,27,34)(H,30,33)(H2,26,28,29,31)/t20-/m0/s1. The van der Waals surface area contributed by atoms with Crippen molar-refractivity contribution in [1.29, 1.82) is 0 Å². The van der Waals surface area contributed by atoms with Crippen molar-refractivity contribution in [3.8, 4) is 0 Å². The quantitative estimate of drug-likeness (QED) is 0.431. The molecule has 1 atom stereocenters. The lowest BCUT2D eigenvalue weighted by Crippen LogP contribution is -2.41. The molecule has 0 aliphatic carbocycles. The van der Waals surface area contributed by atoms with Gasteiger partial charge in [0.1, 0.15) is 11.4 Å². The molecule has 4 rings (SSSR count). The van der Waals surface area contributed by atoms with Gasteiger partial charge in [0.2, 0.25) is 11.9 Å². The Kier molecular flexibility index (Phi) is 8.82. The fourth-order valence-electron chi connectivity index (χ4n) is 3.97. The summed E-state index contributed by atoms with van der Waals surface area (Å²) in [6.07, 6.45) is 3.42. The number of nitrogens with two attached hydrogens (primary N) is 1. The fraction of sp³-hybridized carbons (Fsp3) is 0.500. The molecule has 11 nitrogen and oxygen atoms in total. The molecule has 0 unspecified atom stereocenters. The van der Waals surface area contributed by atoms with Crippen LogP contribution in [0.4, 0.5) is 17.5 Å². The van der Waals surface area contributed by atoms with Crippen LogP contribution < -0.4 is 27.0 Å². The summed E-state index contributed by atoms with van der Waals surface area (Å²) in [6.45, 7) is 5.88. The SMILES string of the molecule is N[C@H]1CCCNc2nc(ncc2C(=O)Nc2ccc(CN3CCOCC3)cc2)NCCCNC1=O. The maximum absolute atomic E-state index is 13.1. The molecule has 0 saturated carbocycles. The van der Waals surface area contributed by atoms with Crippen LogP contribution in [0.5, 0.6) is 0 Å². The topological polar surface area (TPSA) is 147 Å². The zero-order valence-electron chi connectivity index (χ0n) is 19.9. The van der Waals surface area contributed by atoms with E-state index < -0.39 is 6.04 Å². The summed E-state index contributed by atoms with van der Waals surface area (Å²) < 4.78 is 5.40. The molecule has 11 heteroatoms. The molecular formula is C24H34N8O3. The smallest absolute Gasteiger partial charge is 0.260 e. The summed E-state index contributed by atoms with van der Waals surface area (Å²) in [7, 11) is 0. The van der Waals surface area contributed by atoms with Crippen LogP contribution in [0.3, 0.4) is 0 Å². The van der Waals surface area contributed by atoms with Crippen LogP contribution in [-0.2, 0) is 16.1 Å². The Bertz CT molecular complexity index is 995. The van der Waals surface area contributed by atoms with Crippen molar-refractivity contribution in [3.05, 3.63) is 41.6 Å². The Morgan fingerprint density at radius 2 is 1.83 bits per heavy atom. The number of hydrogen-bond donors (Lipinski definition) is 5. The van der Waals surface area contributed by atoms with E-state index in [-0.39, 0.29) is 11.8 Å². The lowest BCUT2D eigenvalue weighted by molar-refractivity contribution is -0.122. The summed E-state index contributed by atoms with van der Waals surface area (Å²) in [6, 6.07) is 7.31. The highest BCUT2D eigenvalue weighted by molar-refractivity contribution is 6.07. The number of carbonyl (C=O) groups excluding carboxylic acids is 2. The molecule has 2 aliphatic rings. The third-order valence-corrected chi connectivity index (χ3v) is 6.01. The van der Waals surface area contributed by atoms with E-state index >= 15 is 0 Å². The third kappa shape index (κ3) is 7.35. The van der Waals surface area contributed by atoms with E-state index in [9.17, 15) is 9.59 Å². The number of nitrogens with one attached hydrogen (secondary N) is 4. The maximum Gasteiger partial charge on any atom is 0.260 e. The van der Waals surface area contributed by atoms with Gasteiger partial charge in [-0.15, -0.1) is 0 Å². The highest BCUT2D eigenvalue weighted by Gasteiger charge is 2.17. The molecule has 2 bridgehead atoms. The van der Waals surface area contributed by atoms with Crippen molar-refractivity contribution < 1.29 is 14.3 Å². The predicted molar refractivity (Wildman–Crippen MR) is 134 cm³/mol. The number of hydrogen-bond acceptors (Lipinski definition) is 9. The number of carbonyl (C=O) groups is 2. The first-order chi connectivity index (χ1) is 17.1. The number of aromatic nitrogens is 2. The van der Waals surface area contributed by atoms with E-state index in [1.165, 1.54) is 11.8 Å². The molecule has 1 aromatic heterocycles. The molecule has 1 fully saturated rings. The summed E-state index contributed by atoms with van der Waals surface area (Å²) in [5, 5.41) is 12.1. The second-order valence-corrected chi connectivity index (χ2v) is 8.74. The number of amides is 2. The maximum atomic E-state index is 13.1. The van der Waals surface area contributed by atoms with Gasteiger partial charge in [0.25, 0.3) is 5.91 Å². The lowest BCUT2D eigenvalue weighted by Gasteiger charge is -2.26. The van der Waals surface area contributed by atoms with Crippen LogP contribution in [0.15, 0.2) is 30.5 Å². The van der Waals surface area contributed by atoms with E-state index in [0.29, 0.717) is 61.9 Å². The fourth-order valence-corrected chi connectivity index (χ4v) is 3.97. The third-order valence-electron chi connectivity index (χ3n) is 6.01. The Balaban J connectivity index is 1.40. The Morgan fingerprint density at radius 3 is 2.63 bits per heavy atom. The van der Waals surface area contributed by atoms with Crippen LogP contribution in [-0.4, -0.2) is 78.7 Å². The highest BCUT2D eigenvalue weighted by atomic mass is 16.5. The van der Waals surface area contributed by atoms with Gasteiger partial charge in [-0.2, -0.15) is 4.98 Å². The van der Waals surface area contributed by atoms with Gasteiger partial charge in [0.05, 0.1) is 19.3 Å². The van der Waals surface area contributed by atoms with Crippen molar-refractivity contribution >= 4 is 29.3 Å². The monoisotopic (exact) mass is 482 g/mol. The minimum Gasteiger partial charge on any atom is -0.379 e. The number of rotatable bonds is 4. The van der Waals surface area contributed by atoms with Gasteiger partial charge in [-0.3, -0.25) is 14.5 Å². The van der Waals surface area contributed by atoms with Crippen molar-refractivity contribution in [2.45, 2.75) is 31.8 Å². The molecule has 188 valence electrons. The minimum absolute atomic E-state index is 0.145. The van der Waals surface area contributed by atoms with Crippen LogP contribution in [0.1, 0.15) is 35.2 Å². The van der Waals surface area contributed by atoms with Gasteiger partial charge in [0, 0.05) is 51.2 Å². The number of fused-ring (bicyclic) bond motifs is 2. The van der Waals surface area contributed by atoms with E-state index in [1.807, 2.05) is 24.3 Å². The first-order valence-corrected chi connectivity index (χ1v) is 12.2. The zero-order chi connectivity index (χ0) is 24.5. The molecule has 35 heavy (non-hydrogen) atoms. The van der Waals surface area contributed by atoms with Gasteiger partial charge in [-0.05, 0) is 37.0 Å². The first kappa shape index (κ1) is 24.8. The van der Waals surface area contributed by atoms with Crippen LogP contribution in [0, 0.1) is 0 Å². The van der Waals surface area contributed by atoms with Crippen LogP contribution in [0.25, 0.3) is 0 Å². The second kappa shape index (κ2) is 12.4. The predicted octanol–water partition coefficient (Wildman–Crippen LogP) is 1.01. The molecule has 3 heterocycles. The summed E-state index contributed by atoms with van der Waals surface area (Å²) in [5.41, 5.74) is 8.20. The summed E-state index contributed by atoms with van der Waals surface area (Å²) >= 11 is 0. The number of benzene rings is 1. The molecule has 0 radical (unpaired) electrons. The van der Waals surface area contributed by atoms with Crippen molar-refractivity contribution in [2.24, 2.45) is 5.73 Å². The summed E-state index contributed by atoms with van der Waals surface area (Å²) in [4.78, 5) is 36.2. The molecule has 0 spiro atoms. The van der Waals surface area contributed by atoms with Crippen LogP contribution >= 0.6 is 0 Å². The van der Waals surface area contributed by atoms with Gasteiger partial charge in [0.15, 0.2) is 0 Å². The number of nitrogens with zero attached hydrogens (tertiary/aromatic N) is 3. The zero-order valence-corrected chi connectivity index (χ0v) is 19.9. The molecule has 6 N–H and O–H groups in total. The molecule has 1 saturated heterocycles. The van der Waals surface area contributed by atoms with Gasteiger partial charge >= 0.3 is 0 Å². The highest BCUT2D eigenvalue weighted by Crippen LogP contribution is 2.18. The second-order valence-electron chi connectivity index (χ2n) is 8.74. The molecular weight excluding hydrogens is 448 g/mol. The number of morpholine rings is 1. The van der Waals surface area contributed by atoms with Crippen molar-refractivity contribution in [1.82, 2.24) is 20.2 Å². The molecule has 1 aromatic carbocycles. The Morgan fingerprint density at radius 1 is 1.09 bits per heavy atom. The normalized spacial score (nSPS) is 20.0. The van der Waals surface area contributed by atoms with Gasteiger partial charge in [-0.1, -0.05) is 12.1 Å². The van der Waals surface area contributed by atoms with E-state index in [4.69, 9.17) is 10.5 Å². The van der Waals surface area contributed by atoms with Crippen LogP contribution in [0.2, 0.25) is 0 Å². The van der Waals surface area contributed by atoms with Crippen molar-refractivity contribution in [3.63, 3.8) is 0 Å². The van der Waals surface area contributed by atoms with E-state index in [2.05, 4.69) is 36.1 Å². The average Bonchev–Trinajstić information content (AvgIpc) is 2.87.